The van der Waals surface area contributed by atoms with E-state index >= 15 is 0 Å². The predicted molar refractivity (Wildman–Crippen MR) is 55.0 cm³/mol. The van der Waals surface area contributed by atoms with E-state index in [0.29, 0.717) is 5.56 Å². The highest BCUT2D eigenvalue weighted by molar-refractivity contribution is 6.30. The molecule has 0 fully saturated rings. The average molecular weight is 239 g/mol. The predicted octanol–water partition coefficient (Wildman–Crippen LogP) is 3.74. The van der Waals surface area contributed by atoms with Crippen LogP contribution in [0.5, 0.6) is 0 Å². The lowest BCUT2D eigenvalue weighted by Gasteiger charge is -2.18. The Morgan fingerprint density at radius 1 is 1.36 bits per heavy atom. The normalized spacial score (nSPS) is 15.2. The Kier molecular flexibility index (Phi) is 3.73. The summed E-state index contributed by atoms with van der Waals surface area (Å²) in [6.07, 6.45) is 0.282. The molecule has 0 amide bonds. The fourth-order valence-electron chi connectivity index (χ4n) is 1.11. The van der Waals surface area contributed by atoms with Gasteiger partial charge in [-0.05, 0) is 25.0 Å². The Hall–Kier alpha value is -0.340. The summed E-state index contributed by atoms with van der Waals surface area (Å²) in [6, 6.07) is 3.44. The Bertz CT molecular complexity index is 324. The van der Waals surface area contributed by atoms with Gasteiger partial charge in [-0.2, -0.15) is 0 Å². The summed E-state index contributed by atoms with van der Waals surface area (Å²) in [7, 11) is 0. The molecule has 14 heavy (non-hydrogen) atoms. The zero-order valence-corrected chi connectivity index (χ0v) is 9.17. The van der Waals surface area contributed by atoms with Gasteiger partial charge in [-0.1, -0.05) is 6.07 Å². The van der Waals surface area contributed by atoms with E-state index in [4.69, 9.17) is 23.2 Å². The van der Waals surface area contributed by atoms with Crippen LogP contribution in [0.15, 0.2) is 18.2 Å². The molecule has 0 aliphatic heterocycles. The molecule has 0 heterocycles. The van der Waals surface area contributed by atoms with Crippen LogP contribution in [0, 0.1) is 11.6 Å². The van der Waals surface area contributed by atoms with Gasteiger partial charge in [0.25, 0.3) is 0 Å². The second-order valence-corrected chi connectivity index (χ2v) is 4.64. The third-order valence-corrected chi connectivity index (χ3v) is 2.85. The Balaban J connectivity index is 2.87. The second kappa shape index (κ2) is 4.45. The van der Waals surface area contributed by atoms with E-state index in [-0.39, 0.29) is 12.3 Å². The highest BCUT2D eigenvalue weighted by atomic mass is 35.5. The molecule has 0 bridgehead atoms. The van der Waals surface area contributed by atoms with Crippen LogP contribution in [0.3, 0.4) is 0 Å². The van der Waals surface area contributed by atoms with Crippen LogP contribution in [0.4, 0.5) is 8.78 Å². The van der Waals surface area contributed by atoms with Crippen molar-refractivity contribution >= 4 is 23.2 Å². The first-order chi connectivity index (χ1) is 6.44. The molecule has 1 aromatic rings. The fourth-order valence-corrected chi connectivity index (χ4v) is 1.35. The highest BCUT2D eigenvalue weighted by Crippen LogP contribution is 2.23. The van der Waals surface area contributed by atoms with Crippen molar-refractivity contribution in [2.75, 3.05) is 5.88 Å². The Morgan fingerprint density at radius 2 is 2.00 bits per heavy atom. The number of benzene rings is 1. The minimum Gasteiger partial charge on any atom is -0.207 e. The van der Waals surface area contributed by atoms with Crippen molar-refractivity contribution < 1.29 is 8.78 Å². The summed E-state index contributed by atoms with van der Waals surface area (Å²) >= 11 is 11.6. The largest absolute Gasteiger partial charge is 0.207 e. The Morgan fingerprint density at radius 3 is 2.50 bits per heavy atom. The van der Waals surface area contributed by atoms with Gasteiger partial charge >= 0.3 is 0 Å². The van der Waals surface area contributed by atoms with Crippen molar-refractivity contribution in [3.8, 4) is 0 Å². The van der Waals surface area contributed by atoms with Crippen LogP contribution < -0.4 is 0 Å². The summed E-state index contributed by atoms with van der Waals surface area (Å²) < 4.78 is 25.7. The molecule has 1 atom stereocenters. The molecule has 0 radical (unpaired) electrons. The van der Waals surface area contributed by atoms with Gasteiger partial charge in [-0.3, -0.25) is 0 Å². The van der Waals surface area contributed by atoms with Gasteiger partial charge in [-0.15, -0.1) is 23.2 Å². The van der Waals surface area contributed by atoms with Gasteiger partial charge in [0.15, 0.2) is 0 Å². The maximum absolute atomic E-state index is 13.2. The third kappa shape index (κ3) is 3.10. The number of rotatable bonds is 3. The monoisotopic (exact) mass is 238 g/mol. The number of halogens is 4. The molecule has 0 aliphatic rings. The fraction of sp³-hybridized carbons (Fsp3) is 0.400. The molecule has 0 saturated heterocycles. The van der Waals surface area contributed by atoms with Gasteiger partial charge in [0, 0.05) is 11.9 Å². The van der Waals surface area contributed by atoms with Crippen LogP contribution in [0.25, 0.3) is 0 Å². The SMILES string of the molecule is CC(Cl)(CCl)Cc1ccc(F)cc1F. The first kappa shape index (κ1) is 11.7. The van der Waals surface area contributed by atoms with Crippen LogP contribution in [0.2, 0.25) is 0 Å². The number of alkyl halides is 2. The van der Waals surface area contributed by atoms with Gasteiger partial charge in [0.2, 0.25) is 0 Å². The molecular weight excluding hydrogens is 229 g/mol. The van der Waals surface area contributed by atoms with Crippen LogP contribution >= 0.6 is 23.2 Å². The van der Waals surface area contributed by atoms with Crippen molar-refractivity contribution in [2.45, 2.75) is 18.2 Å². The Labute approximate surface area is 91.8 Å². The van der Waals surface area contributed by atoms with Crippen molar-refractivity contribution in [1.29, 1.82) is 0 Å². The number of hydrogen-bond acceptors (Lipinski definition) is 0. The van der Waals surface area contributed by atoms with Crippen LogP contribution in [0.1, 0.15) is 12.5 Å². The molecule has 0 nitrogen and oxygen atoms in total. The van der Waals surface area contributed by atoms with Gasteiger partial charge in [-0.25, -0.2) is 8.78 Å². The number of hydrogen-bond donors (Lipinski definition) is 0. The van der Waals surface area contributed by atoms with E-state index in [0.717, 1.165) is 6.07 Å². The minimum atomic E-state index is -0.694. The molecule has 0 saturated carbocycles. The van der Waals surface area contributed by atoms with E-state index < -0.39 is 16.5 Å². The molecule has 1 aromatic carbocycles. The summed E-state index contributed by atoms with van der Waals surface area (Å²) in [4.78, 5) is -0.694. The topological polar surface area (TPSA) is 0 Å². The molecule has 78 valence electrons. The second-order valence-electron chi connectivity index (χ2n) is 3.46. The van der Waals surface area contributed by atoms with E-state index in [1.165, 1.54) is 12.1 Å². The lowest BCUT2D eigenvalue weighted by Crippen LogP contribution is -2.22. The summed E-state index contributed by atoms with van der Waals surface area (Å²) in [6.45, 7) is 1.71. The van der Waals surface area contributed by atoms with Gasteiger partial charge in [0.1, 0.15) is 11.6 Å². The molecule has 0 aliphatic carbocycles. The standard InChI is InChI=1S/C10H10Cl2F2/c1-10(12,6-11)5-7-2-3-8(13)4-9(7)14/h2-4H,5-6H2,1H3. The third-order valence-electron chi connectivity index (χ3n) is 1.85. The average Bonchev–Trinajstić information content (AvgIpc) is 2.10. The van der Waals surface area contributed by atoms with Crippen LogP contribution in [-0.2, 0) is 6.42 Å². The van der Waals surface area contributed by atoms with E-state index in [9.17, 15) is 8.78 Å². The van der Waals surface area contributed by atoms with Crippen molar-refractivity contribution in [1.82, 2.24) is 0 Å². The minimum absolute atomic E-state index is 0.214. The van der Waals surface area contributed by atoms with E-state index in [2.05, 4.69) is 0 Å². The molecule has 1 rings (SSSR count). The zero-order valence-electron chi connectivity index (χ0n) is 7.66. The molecule has 0 spiro atoms. The maximum Gasteiger partial charge on any atom is 0.129 e. The first-order valence-corrected chi connectivity index (χ1v) is 5.05. The van der Waals surface area contributed by atoms with E-state index in [1.807, 2.05) is 0 Å². The van der Waals surface area contributed by atoms with Crippen molar-refractivity contribution in [3.05, 3.63) is 35.4 Å². The van der Waals surface area contributed by atoms with Gasteiger partial charge < -0.3 is 0 Å². The maximum atomic E-state index is 13.2. The van der Waals surface area contributed by atoms with E-state index in [1.54, 1.807) is 6.92 Å². The summed E-state index contributed by atoms with van der Waals surface area (Å²) in [5, 5.41) is 0. The quantitative estimate of drug-likeness (QED) is 0.704. The zero-order chi connectivity index (χ0) is 10.8. The smallest absolute Gasteiger partial charge is 0.129 e. The molecule has 4 heteroatoms. The van der Waals surface area contributed by atoms with Gasteiger partial charge in [0.05, 0.1) is 4.87 Å². The summed E-state index contributed by atoms with van der Waals surface area (Å²) in [5.41, 5.74) is 0.379. The first-order valence-electron chi connectivity index (χ1n) is 4.13. The molecule has 0 N–H and O–H groups in total. The highest BCUT2D eigenvalue weighted by Gasteiger charge is 2.21. The van der Waals surface area contributed by atoms with Crippen LogP contribution in [-0.4, -0.2) is 10.8 Å². The van der Waals surface area contributed by atoms with Crippen molar-refractivity contribution in [2.24, 2.45) is 0 Å². The summed E-state index contributed by atoms with van der Waals surface area (Å²) in [5.74, 6) is -0.957. The van der Waals surface area contributed by atoms with Crippen molar-refractivity contribution in [3.63, 3.8) is 0 Å². The lowest BCUT2D eigenvalue weighted by atomic mass is 10.0. The molecule has 0 aromatic heterocycles. The lowest BCUT2D eigenvalue weighted by molar-refractivity contribution is 0.561. The molecule has 1 unspecified atom stereocenters. The molecular formula is C10H10Cl2F2.